The lowest BCUT2D eigenvalue weighted by molar-refractivity contribution is -0.141. The fourth-order valence-corrected chi connectivity index (χ4v) is 5.86. The van der Waals surface area contributed by atoms with Crippen LogP contribution in [0.15, 0.2) is 53.5 Å². The van der Waals surface area contributed by atoms with Gasteiger partial charge < -0.3 is 15.2 Å². The van der Waals surface area contributed by atoms with Gasteiger partial charge in [0.1, 0.15) is 16.9 Å². The van der Waals surface area contributed by atoms with Crippen LogP contribution in [0.1, 0.15) is 62.1 Å². The first-order valence-corrected chi connectivity index (χ1v) is 13.4. The third-order valence-electron chi connectivity index (χ3n) is 7.08. The highest BCUT2D eigenvalue weighted by Gasteiger charge is 2.36. The molecule has 2 aromatic carbocycles. The molecule has 0 saturated carbocycles. The third kappa shape index (κ3) is 4.83. The van der Waals surface area contributed by atoms with E-state index in [1.807, 2.05) is 47.9 Å². The number of hydrogen-bond donors (Lipinski definition) is 2. The molecule has 1 unspecified atom stereocenters. The second-order valence-electron chi connectivity index (χ2n) is 9.57. The van der Waals surface area contributed by atoms with Crippen LogP contribution < -0.4 is 5.32 Å². The normalized spacial score (nSPS) is 15.0. The summed E-state index contributed by atoms with van der Waals surface area (Å²) >= 11 is 1.64. The Morgan fingerprint density at radius 1 is 1.08 bits per heavy atom. The van der Waals surface area contributed by atoms with Gasteiger partial charge in [-0.2, -0.15) is 0 Å². The molecular formula is C29H29N5O4S. The highest BCUT2D eigenvalue weighted by Crippen LogP contribution is 2.40. The maximum Gasteiger partial charge on any atom is 0.337 e. The molecule has 4 aromatic rings. The van der Waals surface area contributed by atoms with Gasteiger partial charge in [-0.3, -0.25) is 14.4 Å². The molecule has 3 heterocycles. The van der Waals surface area contributed by atoms with Gasteiger partial charge in [-0.1, -0.05) is 24.3 Å². The smallest absolute Gasteiger partial charge is 0.337 e. The second kappa shape index (κ2) is 10.5. The van der Waals surface area contributed by atoms with Crippen LogP contribution in [0.5, 0.6) is 0 Å². The minimum Gasteiger partial charge on any atom is -0.481 e. The summed E-state index contributed by atoms with van der Waals surface area (Å²) < 4.78 is 6.72. The summed E-state index contributed by atoms with van der Waals surface area (Å²) in [5.41, 5.74) is 6.19. The molecule has 0 radical (unpaired) electrons. The quantitative estimate of drug-likeness (QED) is 0.305. The van der Waals surface area contributed by atoms with Crippen LogP contribution in [0.4, 0.5) is 5.69 Å². The number of methoxy groups -OCH3 is 1. The number of aliphatic carboxylic acids is 1. The molecule has 0 fully saturated rings. The van der Waals surface area contributed by atoms with Gasteiger partial charge in [0, 0.05) is 28.2 Å². The van der Waals surface area contributed by atoms with E-state index in [9.17, 15) is 14.7 Å². The lowest BCUT2D eigenvalue weighted by atomic mass is 9.98. The Hall–Kier alpha value is -4.31. The molecule has 39 heavy (non-hydrogen) atoms. The summed E-state index contributed by atoms with van der Waals surface area (Å²) in [5, 5.41) is 22.9. The first-order valence-electron chi connectivity index (χ1n) is 12.5. The number of nitrogens with zero attached hydrogens (tertiary/aromatic N) is 4. The number of fused-ring (bicyclic) bond motifs is 3. The first-order chi connectivity index (χ1) is 18.7. The van der Waals surface area contributed by atoms with E-state index < -0.39 is 17.9 Å². The predicted octanol–water partition coefficient (Wildman–Crippen LogP) is 5.27. The molecular weight excluding hydrogens is 514 g/mol. The summed E-state index contributed by atoms with van der Waals surface area (Å²) in [5.74, 6) is -0.848. The number of hydrogen-bond acceptors (Lipinski definition) is 8. The van der Waals surface area contributed by atoms with E-state index in [1.165, 1.54) is 7.11 Å². The van der Waals surface area contributed by atoms with E-state index >= 15 is 0 Å². The minimum absolute atomic E-state index is 0.360. The monoisotopic (exact) mass is 543 g/mol. The molecule has 0 aliphatic carbocycles. The van der Waals surface area contributed by atoms with Gasteiger partial charge in [-0.15, -0.1) is 21.5 Å². The molecule has 5 rings (SSSR count). The van der Waals surface area contributed by atoms with E-state index in [0.29, 0.717) is 23.8 Å². The number of aryl methyl sites for hydroxylation is 2. The Balaban J connectivity index is 1.48. The highest BCUT2D eigenvalue weighted by atomic mass is 32.1. The molecule has 0 bridgehead atoms. The number of esters is 1. The van der Waals surface area contributed by atoms with Crippen LogP contribution in [0, 0.1) is 26.7 Å². The van der Waals surface area contributed by atoms with Crippen LogP contribution in [-0.2, 0) is 16.1 Å². The topological polar surface area (TPSA) is 119 Å². The van der Waals surface area contributed by atoms with Crippen LogP contribution >= 0.6 is 11.3 Å². The average molecular weight is 544 g/mol. The molecule has 10 heteroatoms. The largest absolute Gasteiger partial charge is 0.481 e. The molecule has 0 amide bonds. The number of rotatable bonds is 7. The molecule has 1 aliphatic heterocycles. The zero-order valence-corrected chi connectivity index (χ0v) is 23.2. The van der Waals surface area contributed by atoms with E-state index in [4.69, 9.17) is 9.73 Å². The summed E-state index contributed by atoms with van der Waals surface area (Å²) in [4.78, 5) is 29.9. The fraction of sp³-hybridized carbons (Fsp3) is 0.276. The SMILES string of the molecule is COC(=O)c1ccc(CNc2ccc(C3=NC([C@H](C)C(=O)O)c4nnc(C)n4-c4sc(C)c(C)c43)cc2)cc1. The summed E-state index contributed by atoms with van der Waals surface area (Å²) in [6, 6.07) is 14.6. The first kappa shape index (κ1) is 26.3. The van der Waals surface area contributed by atoms with Crippen LogP contribution in [0.3, 0.4) is 0 Å². The fourth-order valence-electron chi connectivity index (χ4n) is 4.64. The number of aliphatic imine (C=N–C) groups is 1. The summed E-state index contributed by atoms with van der Waals surface area (Å²) in [7, 11) is 1.36. The van der Waals surface area contributed by atoms with Crippen LogP contribution in [-0.4, -0.2) is 44.6 Å². The van der Waals surface area contributed by atoms with E-state index in [-0.39, 0.29) is 5.97 Å². The minimum atomic E-state index is -0.937. The zero-order chi connectivity index (χ0) is 27.8. The number of carboxylic acid groups (broad SMARTS) is 1. The molecule has 9 nitrogen and oxygen atoms in total. The molecule has 2 aromatic heterocycles. The van der Waals surface area contributed by atoms with Crippen LogP contribution in [0.25, 0.3) is 5.00 Å². The lowest BCUT2D eigenvalue weighted by Gasteiger charge is -2.16. The van der Waals surface area contributed by atoms with Gasteiger partial charge in [0.15, 0.2) is 5.82 Å². The van der Waals surface area contributed by atoms with E-state index in [1.54, 1.807) is 30.4 Å². The summed E-state index contributed by atoms with van der Waals surface area (Å²) in [6.45, 7) is 8.27. The van der Waals surface area contributed by atoms with Crippen molar-refractivity contribution in [3.05, 3.63) is 92.9 Å². The van der Waals surface area contributed by atoms with Crippen LogP contribution in [0.2, 0.25) is 0 Å². The Bertz CT molecular complexity index is 1590. The molecule has 2 N–H and O–H groups in total. The second-order valence-corrected chi connectivity index (χ2v) is 10.8. The number of aromatic nitrogens is 3. The van der Waals surface area contributed by atoms with Crippen molar-refractivity contribution in [2.24, 2.45) is 10.9 Å². The Morgan fingerprint density at radius 2 is 1.77 bits per heavy atom. The molecule has 0 spiro atoms. The predicted molar refractivity (Wildman–Crippen MR) is 150 cm³/mol. The van der Waals surface area contributed by atoms with Crippen molar-refractivity contribution in [3.63, 3.8) is 0 Å². The number of anilines is 1. The number of nitrogens with one attached hydrogen (secondary N) is 1. The summed E-state index contributed by atoms with van der Waals surface area (Å²) in [6.07, 6.45) is 0. The van der Waals surface area contributed by atoms with Gasteiger partial charge in [0.05, 0.1) is 24.3 Å². The highest BCUT2D eigenvalue weighted by molar-refractivity contribution is 7.15. The van der Waals surface area contributed by atoms with Gasteiger partial charge in [0.25, 0.3) is 0 Å². The number of carboxylic acids is 1. The molecule has 200 valence electrons. The number of carbonyl (C=O) groups excluding carboxylic acids is 1. The van der Waals surface area contributed by atoms with E-state index in [0.717, 1.165) is 43.5 Å². The van der Waals surface area contributed by atoms with Gasteiger partial charge in [-0.05, 0) is 63.1 Å². The van der Waals surface area contributed by atoms with Crippen molar-refractivity contribution in [1.82, 2.24) is 14.8 Å². The standard InChI is InChI=1S/C29H29N5O4S/c1-15-17(3)39-27-23(15)25(31-24(16(2)28(35)36)26-33-32-18(4)34(26)27)20-10-12-22(13-11-20)30-14-19-6-8-21(9-7-19)29(37)38-5/h6-13,16,24,30H,14H2,1-5H3,(H,35,36)/t16-,24?/m0/s1. The maximum absolute atomic E-state index is 12.0. The Morgan fingerprint density at radius 3 is 2.41 bits per heavy atom. The van der Waals surface area contributed by atoms with Crippen molar-refractivity contribution in [3.8, 4) is 5.00 Å². The molecule has 0 saturated heterocycles. The van der Waals surface area contributed by atoms with Gasteiger partial charge in [-0.25, -0.2) is 4.79 Å². The Labute approximate surface area is 230 Å². The van der Waals surface area contributed by atoms with Crippen molar-refractivity contribution in [2.75, 3.05) is 12.4 Å². The lowest BCUT2D eigenvalue weighted by Crippen LogP contribution is -2.21. The number of benzene rings is 2. The van der Waals surface area contributed by atoms with Gasteiger partial charge >= 0.3 is 11.9 Å². The van der Waals surface area contributed by atoms with Crippen molar-refractivity contribution in [1.29, 1.82) is 0 Å². The van der Waals surface area contributed by atoms with E-state index in [2.05, 4.69) is 29.4 Å². The average Bonchev–Trinajstić information content (AvgIpc) is 3.41. The zero-order valence-electron chi connectivity index (χ0n) is 22.3. The van der Waals surface area contributed by atoms with Crippen molar-refractivity contribution >= 4 is 34.7 Å². The molecule has 2 atom stereocenters. The third-order valence-corrected chi connectivity index (χ3v) is 8.27. The Kier molecular flexibility index (Phi) is 7.05. The number of ether oxygens (including phenoxy) is 1. The van der Waals surface area contributed by atoms with Crippen molar-refractivity contribution in [2.45, 2.75) is 40.3 Å². The molecule has 1 aliphatic rings. The van der Waals surface area contributed by atoms with Crippen molar-refractivity contribution < 1.29 is 19.4 Å². The number of thiophene rings is 1. The maximum atomic E-state index is 12.0. The number of carbonyl (C=O) groups is 2. The van der Waals surface area contributed by atoms with Gasteiger partial charge in [0.2, 0.25) is 0 Å².